The number of nitrogens with two attached hydrogens (primary N) is 1. The molecule has 1 aromatic heterocycles. The van der Waals surface area contributed by atoms with Gasteiger partial charge in [0.1, 0.15) is 10.7 Å². The van der Waals surface area contributed by atoms with Crippen LogP contribution in [0.15, 0.2) is 29.6 Å². The monoisotopic (exact) mass is 218 g/mol. The first-order valence-electron chi connectivity index (χ1n) is 4.49. The van der Waals surface area contributed by atoms with Crippen LogP contribution in [0.4, 0.5) is 0 Å². The second-order valence-corrected chi connectivity index (χ2v) is 4.13. The van der Waals surface area contributed by atoms with E-state index in [1.165, 1.54) is 16.9 Å². The normalized spacial score (nSPS) is 10.2. The maximum Gasteiger partial charge on any atom is 0.268 e. The van der Waals surface area contributed by atoms with Gasteiger partial charge < -0.3 is 5.73 Å². The van der Waals surface area contributed by atoms with E-state index in [2.05, 4.69) is 4.98 Å². The van der Waals surface area contributed by atoms with E-state index in [-0.39, 0.29) is 0 Å². The zero-order valence-corrected chi connectivity index (χ0v) is 9.04. The predicted octanol–water partition coefficient (Wildman–Crippen LogP) is 2.22. The molecule has 0 unspecified atom stereocenters. The minimum atomic E-state index is -0.482. The Bertz CT molecular complexity index is 488. The number of aryl methyl sites for hydroxylation is 1. The van der Waals surface area contributed by atoms with Crippen LogP contribution in [0.2, 0.25) is 0 Å². The maximum absolute atomic E-state index is 10.9. The molecule has 0 aliphatic rings. The van der Waals surface area contributed by atoms with E-state index < -0.39 is 5.91 Å². The summed E-state index contributed by atoms with van der Waals surface area (Å²) in [5.74, 6) is -0.482. The van der Waals surface area contributed by atoms with Crippen LogP contribution in [0.3, 0.4) is 0 Å². The number of carbonyl (C=O) groups excluding carboxylic acids is 1. The average molecular weight is 218 g/mol. The van der Waals surface area contributed by atoms with Gasteiger partial charge in [0.15, 0.2) is 0 Å². The van der Waals surface area contributed by atoms with Crippen molar-refractivity contribution in [1.29, 1.82) is 0 Å². The molecule has 2 rings (SSSR count). The Morgan fingerprint density at radius 1 is 1.33 bits per heavy atom. The highest BCUT2D eigenvalue weighted by molar-refractivity contribution is 7.13. The number of carbonyl (C=O) groups is 1. The number of benzene rings is 1. The van der Waals surface area contributed by atoms with Crippen molar-refractivity contribution in [2.75, 3.05) is 0 Å². The highest BCUT2D eigenvalue weighted by atomic mass is 32.1. The van der Waals surface area contributed by atoms with Gasteiger partial charge >= 0.3 is 0 Å². The summed E-state index contributed by atoms with van der Waals surface area (Å²) in [5.41, 5.74) is 7.68. The van der Waals surface area contributed by atoms with Gasteiger partial charge in [-0.3, -0.25) is 4.79 Å². The SMILES string of the molecule is Cc1ccc(-c2nc(C(N)=O)cs2)cc1. The molecule has 2 N–H and O–H groups in total. The topological polar surface area (TPSA) is 56.0 Å². The third-order valence-electron chi connectivity index (χ3n) is 2.06. The molecule has 0 saturated heterocycles. The van der Waals surface area contributed by atoms with Crippen LogP contribution in [-0.2, 0) is 0 Å². The molecule has 0 aliphatic heterocycles. The lowest BCUT2D eigenvalue weighted by molar-refractivity contribution is 0.0996. The number of aromatic nitrogens is 1. The van der Waals surface area contributed by atoms with Crippen LogP contribution in [0.25, 0.3) is 10.6 Å². The fraction of sp³-hybridized carbons (Fsp3) is 0.0909. The number of rotatable bonds is 2. The van der Waals surface area contributed by atoms with Crippen molar-refractivity contribution in [2.24, 2.45) is 5.73 Å². The lowest BCUT2D eigenvalue weighted by Gasteiger charge is -1.96. The largest absolute Gasteiger partial charge is 0.364 e. The number of hydrogen-bond donors (Lipinski definition) is 1. The lowest BCUT2D eigenvalue weighted by Crippen LogP contribution is -2.10. The molecule has 0 bridgehead atoms. The van der Waals surface area contributed by atoms with Gasteiger partial charge in [0.05, 0.1) is 0 Å². The zero-order chi connectivity index (χ0) is 10.8. The van der Waals surface area contributed by atoms with Crippen LogP contribution in [0.5, 0.6) is 0 Å². The third-order valence-corrected chi connectivity index (χ3v) is 2.95. The Morgan fingerprint density at radius 2 is 2.00 bits per heavy atom. The van der Waals surface area contributed by atoms with Gasteiger partial charge in [-0.05, 0) is 6.92 Å². The third kappa shape index (κ3) is 2.05. The van der Waals surface area contributed by atoms with Crippen LogP contribution < -0.4 is 5.73 Å². The first kappa shape index (κ1) is 9.86. The molecule has 4 heteroatoms. The fourth-order valence-electron chi connectivity index (χ4n) is 1.22. The highest BCUT2D eigenvalue weighted by Crippen LogP contribution is 2.23. The quantitative estimate of drug-likeness (QED) is 0.840. The molecule has 1 heterocycles. The molecule has 2 aromatic rings. The van der Waals surface area contributed by atoms with Crippen molar-refractivity contribution >= 4 is 17.2 Å². The summed E-state index contributed by atoms with van der Waals surface area (Å²) in [5, 5.41) is 2.50. The van der Waals surface area contributed by atoms with Gasteiger partial charge in [0.2, 0.25) is 0 Å². The first-order valence-corrected chi connectivity index (χ1v) is 5.37. The molecule has 0 radical (unpaired) electrons. The van der Waals surface area contributed by atoms with Crippen LogP contribution >= 0.6 is 11.3 Å². The van der Waals surface area contributed by atoms with Crippen molar-refractivity contribution in [2.45, 2.75) is 6.92 Å². The summed E-state index contributed by atoms with van der Waals surface area (Å²) in [7, 11) is 0. The Hall–Kier alpha value is -1.68. The summed E-state index contributed by atoms with van der Waals surface area (Å²) in [6.07, 6.45) is 0. The van der Waals surface area contributed by atoms with Crippen LogP contribution in [0.1, 0.15) is 16.1 Å². The summed E-state index contributed by atoms with van der Waals surface area (Å²) >= 11 is 1.42. The van der Waals surface area contributed by atoms with E-state index >= 15 is 0 Å². The summed E-state index contributed by atoms with van der Waals surface area (Å²) in [6.45, 7) is 2.03. The van der Waals surface area contributed by atoms with Gasteiger partial charge in [-0.15, -0.1) is 11.3 Å². The maximum atomic E-state index is 10.9. The molecule has 0 spiro atoms. The minimum absolute atomic E-state index is 0.329. The predicted molar refractivity (Wildman–Crippen MR) is 60.8 cm³/mol. The smallest absolute Gasteiger partial charge is 0.268 e. The van der Waals surface area contributed by atoms with Gasteiger partial charge in [-0.2, -0.15) is 0 Å². The average Bonchev–Trinajstić information content (AvgIpc) is 2.68. The Labute approximate surface area is 91.6 Å². The van der Waals surface area contributed by atoms with E-state index in [1.807, 2.05) is 31.2 Å². The molecular formula is C11H10N2OS. The van der Waals surface area contributed by atoms with E-state index in [0.717, 1.165) is 10.6 Å². The van der Waals surface area contributed by atoms with Crippen molar-refractivity contribution in [3.05, 3.63) is 40.9 Å². The standard InChI is InChI=1S/C11H10N2OS/c1-7-2-4-8(5-3-7)11-13-9(6-15-11)10(12)14/h2-6H,1H3,(H2,12,14). The summed E-state index contributed by atoms with van der Waals surface area (Å²) in [4.78, 5) is 15.0. The fourth-order valence-corrected chi connectivity index (χ4v) is 2.03. The number of amides is 1. The van der Waals surface area contributed by atoms with Crippen molar-refractivity contribution in [3.63, 3.8) is 0 Å². The Morgan fingerprint density at radius 3 is 2.53 bits per heavy atom. The molecule has 0 saturated carbocycles. The van der Waals surface area contributed by atoms with Crippen molar-refractivity contribution in [3.8, 4) is 10.6 Å². The van der Waals surface area contributed by atoms with Crippen molar-refractivity contribution < 1.29 is 4.79 Å². The van der Waals surface area contributed by atoms with Gasteiger partial charge in [0.25, 0.3) is 5.91 Å². The first-order chi connectivity index (χ1) is 7.16. The van der Waals surface area contributed by atoms with E-state index in [1.54, 1.807) is 5.38 Å². The Balaban J connectivity index is 2.37. The number of thiazole rings is 1. The van der Waals surface area contributed by atoms with Gasteiger partial charge in [-0.1, -0.05) is 29.8 Å². The number of nitrogens with zero attached hydrogens (tertiary/aromatic N) is 1. The molecule has 15 heavy (non-hydrogen) atoms. The molecule has 1 aromatic carbocycles. The lowest BCUT2D eigenvalue weighted by atomic mass is 10.2. The van der Waals surface area contributed by atoms with E-state index in [9.17, 15) is 4.79 Å². The summed E-state index contributed by atoms with van der Waals surface area (Å²) in [6, 6.07) is 8.00. The van der Waals surface area contributed by atoms with E-state index in [0.29, 0.717) is 5.69 Å². The van der Waals surface area contributed by atoms with Crippen LogP contribution in [0, 0.1) is 6.92 Å². The molecule has 0 fully saturated rings. The number of primary amides is 1. The zero-order valence-electron chi connectivity index (χ0n) is 8.23. The molecular weight excluding hydrogens is 208 g/mol. The molecule has 76 valence electrons. The molecule has 0 atom stereocenters. The van der Waals surface area contributed by atoms with Crippen molar-refractivity contribution in [1.82, 2.24) is 4.98 Å². The van der Waals surface area contributed by atoms with Gasteiger partial charge in [0, 0.05) is 10.9 Å². The van der Waals surface area contributed by atoms with Crippen LogP contribution in [-0.4, -0.2) is 10.9 Å². The second kappa shape index (κ2) is 3.82. The molecule has 1 amide bonds. The van der Waals surface area contributed by atoms with E-state index in [4.69, 9.17) is 5.73 Å². The highest BCUT2D eigenvalue weighted by Gasteiger charge is 2.07. The molecule has 0 aliphatic carbocycles. The second-order valence-electron chi connectivity index (χ2n) is 3.27. The molecule has 3 nitrogen and oxygen atoms in total. The Kier molecular flexibility index (Phi) is 2.51. The minimum Gasteiger partial charge on any atom is -0.364 e. The van der Waals surface area contributed by atoms with Gasteiger partial charge in [-0.25, -0.2) is 4.98 Å². The number of hydrogen-bond acceptors (Lipinski definition) is 3. The summed E-state index contributed by atoms with van der Waals surface area (Å²) < 4.78 is 0.